The van der Waals surface area contributed by atoms with E-state index in [1.165, 1.54) is 13.2 Å². The summed E-state index contributed by atoms with van der Waals surface area (Å²) in [6, 6.07) is 4.37. The van der Waals surface area contributed by atoms with Crippen LogP contribution in [0.25, 0.3) is 0 Å². The Hall–Kier alpha value is -1.66. The molecule has 0 aromatic heterocycles. The van der Waals surface area contributed by atoms with Gasteiger partial charge < -0.3 is 20.5 Å². The van der Waals surface area contributed by atoms with Gasteiger partial charge in [0.2, 0.25) is 5.91 Å². The highest BCUT2D eigenvalue weighted by molar-refractivity contribution is 5.83. The molecule has 2 rings (SSSR count). The van der Waals surface area contributed by atoms with Crippen LogP contribution in [0.1, 0.15) is 31.4 Å². The average Bonchev–Trinajstić information content (AvgIpc) is 2.55. The number of carbonyl (C=O) groups excluding carboxylic acids is 1. The lowest BCUT2D eigenvalue weighted by atomic mass is 9.79. The Balaban J connectivity index is 2.08. The van der Waals surface area contributed by atoms with E-state index in [1.54, 1.807) is 12.1 Å². The number of nitrogens with two attached hydrogens (primary N) is 1. The van der Waals surface area contributed by atoms with Crippen molar-refractivity contribution in [3.05, 3.63) is 29.6 Å². The molecule has 0 spiro atoms. The summed E-state index contributed by atoms with van der Waals surface area (Å²) >= 11 is 0. The molecule has 1 fully saturated rings. The van der Waals surface area contributed by atoms with Gasteiger partial charge in [0.15, 0.2) is 11.6 Å². The highest BCUT2D eigenvalue weighted by atomic mass is 19.1. The fourth-order valence-corrected chi connectivity index (χ4v) is 2.67. The molecule has 1 heterocycles. The summed E-state index contributed by atoms with van der Waals surface area (Å²) in [6.45, 7) is 3.18. The molecule has 1 aromatic carbocycles. The van der Waals surface area contributed by atoms with Gasteiger partial charge in [-0.3, -0.25) is 4.79 Å². The van der Waals surface area contributed by atoms with Gasteiger partial charge in [0.25, 0.3) is 0 Å². The van der Waals surface area contributed by atoms with Gasteiger partial charge in [-0.25, -0.2) is 4.39 Å². The number of amides is 1. The van der Waals surface area contributed by atoms with Gasteiger partial charge in [0.05, 0.1) is 18.6 Å². The van der Waals surface area contributed by atoms with E-state index in [2.05, 4.69) is 5.32 Å². The molecule has 1 aliphatic rings. The molecule has 1 saturated heterocycles. The normalized spacial score (nSPS) is 18.5. The Labute approximate surface area is 130 Å². The minimum Gasteiger partial charge on any atom is -0.494 e. The molecule has 1 aromatic rings. The first-order chi connectivity index (χ1) is 10.5. The number of hydrogen-bond donors (Lipinski definition) is 2. The molecule has 1 unspecified atom stereocenters. The molecule has 0 bridgehead atoms. The number of halogens is 1. The quantitative estimate of drug-likeness (QED) is 0.869. The van der Waals surface area contributed by atoms with E-state index in [-0.39, 0.29) is 24.2 Å². The predicted octanol–water partition coefficient (Wildman–Crippen LogP) is 1.77. The fourth-order valence-electron chi connectivity index (χ4n) is 2.67. The zero-order valence-corrected chi connectivity index (χ0v) is 13.0. The van der Waals surface area contributed by atoms with E-state index in [0.29, 0.717) is 31.6 Å². The summed E-state index contributed by atoms with van der Waals surface area (Å²) in [4.78, 5) is 12.6. The van der Waals surface area contributed by atoms with Crippen molar-refractivity contribution in [1.82, 2.24) is 5.32 Å². The molecule has 1 atom stereocenters. The van der Waals surface area contributed by atoms with Crippen molar-refractivity contribution in [2.24, 2.45) is 11.1 Å². The lowest BCUT2D eigenvalue weighted by Crippen LogP contribution is -2.49. The van der Waals surface area contributed by atoms with E-state index in [0.717, 1.165) is 0 Å². The van der Waals surface area contributed by atoms with Crippen LogP contribution in [0.15, 0.2) is 18.2 Å². The van der Waals surface area contributed by atoms with Crippen molar-refractivity contribution in [3.63, 3.8) is 0 Å². The van der Waals surface area contributed by atoms with Crippen LogP contribution in [0.2, 0.25) is 0 Å². The van der Waals surface area contributed by atoms with Crippen molar-refractivity contribution in [2.45, 2.75) is 25.8 Å². The minimum absolute atomic E-state index is 0.0953. The van der Waals surface area contributed by atoms with Crippen LogP contribution >= 0.6 is 0 Å². The first kappa shape index (κ1) is 16.7. The summed E-state index contributed by atoms with van der Waals surface area (Å²) in [5, 5.41) is 2.94. The Morgan fingerprint density at radius 2 is 2.18 bits per heavy atom. The van der Waals surface area contributed by atoms with E-state index < -0.39 is 11.2 Å². The molecule has 22 heavy (non-hydrogen) atoms. The van der Waals surface area contributed by atoms with Gasteiger partial charge in [0.1, 0.15) is 0 Å². The Kier molecular flexibility index (Phi) is 5.37. The fraction of sp³-hybridized carbons (Fsp3) is 0.562. The van der Waals surface area contributed by atoms with Crippen LogP contribution in [0.5, 0.6) is 5.75 Å². The lowest BCUT2D eigenvalue weighted by Gasteiger charge is -2.35. The summed E-state index contributed by atoms with van der Waals surface area (Å²) in [7, 11) is 1.42. The predicted molar refractivity (Wildman–Crippen MR) is 81.1 cm³/mol. The molecule has 0 aliphatic carbocycles. The second-order valence-electron chi connectivity index (χ2n) is 5.69. The monoisotopic (exact) mass is 310 g/mol. The summed E-state index contributed by atoms with van der Waals surface area (Å²) in [5.74, 6) is -0.354. The second kappa shape index (κ2) is 7.07. The van der Waals surface area contributed by atoms with Gasteiger partial charge in [-0.1, -0.05) is 6.07 Å². The van der Waals surface area contributed by atoms with Crippen LogP contribution in [-0.4, -0.2) is 32.8 Å². The summed E-state index contributed by atoms with van der Waals surface area (Å²) in [5.41, 5.74) is 5.92. The Morgan fingerprint density at radius 1 is 1.50 bits per heavy atom. The van der Waals surface area contributed by atoms with Gasteiger partial charge in [-0.15, -0.1) is 0 Å². The van der Waals surface area contributed by atoms with Crippen molar-refractivity contribution < 1.29 is 18.7 Å². The SMILES string of the molecule is COc1ccc(C(C)NC(=O)C2(CN)CCOCC2)cc1F. The minimum atomic E-state index is -0.586. The van der Waals surface area contributed by atoms with Crippen molar-refractivity contribution >= 4 is 5.91 Å². The van der Waals surface area contributed by atoms with Gasteiger partial charge >= 0.3 is 0 Å². The average molecular weight is 310 g/mol. The highest BCUT2D eigenvalue weighted by Gasteiger charge is 2.39. The largest absolute Gasteiger partial charge is 0.494 e. The number of methoxy groups -OCH3 is 1. The smallest absolute Gasteiger partial charge is 0.228 e. The van der Waals surface area contributed by atoms with E-state index >= 15 is 0 Å². The third kappa shape index (κ3) is 3.39. The van der Waals surface area contributed by atoms with Crippen LogP contribution in [0.3, 0.4) is 0 Å². The zero-order chi connectivity index (χ0) is 16.2. The topological polar surface area (TPSA) is 73.6 Å². The van der Waals surface area contributed by atoms with Gasteiger partial charge in [-0.05, 0) is 37.5 Å². The standard InChI is InChI=1S/C16H23FN2O3/c1-11(12-3-4-14(21-2)13(17)9-12)19-15(20)16(10-18)5-7-22-8-6-16/h3-4,9,11H,5-8,10,18H2,1-2H3,(H,19,20). The number of hydrogen-bond acceptors (Lipinski definition) is 4. The third-order valence-electron chi connectivity index (χ3n) is 4.35. The van der Waals surface area contributed by atoms with Crippen LogP contribution in [-0.2, 0) is 9.53 Å². The second-order valence-corrected chi connectivity index (χ2v) is 5.69. The number of carbonyl (C=O) groups is 1. The number of ether oxygens (including phenoxy) is 2. The molecule has 3 N–H and O–H groups in total. The molecular formula is C16H23FN2O3. The van der Waals surface area contributed by atoms with Crippen LogP contribution in [0.4, 0.5) is 4.39 Å². The van der Waals surface area contributed by atoms with E-state index in [4.69, 9.17) is 15.2 Å². The number of benzene rings is 1. The molecule has 6 heteroatoms. The van der Waals surface area contributed by atoms with Crippen LogP contribution < -0.4 is 15.8 Å². The molecule has 1 aliphatic heterocycles. The van der Waals surface area contributed by atoms with Crippen molar-refractivity contribution in [2.75, 3.05) is 26.9 Å². The molecule has 1 amide bonds. The zero-order valence-electron chi connectivity index (χ0n) is 13.0. The van der Waals surface area contributed by atoms with Crippen LogP contribution in [0, 0.1) is 11.2 Å². The lowest BCUT2D eigenvalue weighted by molar-refractivity contribution is -0.136. The maximum atomic E-state index is 13.8. The van der Waals surface area contributed by atoms with Crippen molar-refractivity contribution in [1.29, 1.82) is 0 Å². The van der Waals surface area contributed by atoms with Crippen molar-refractivity contribution in [3.8, 4) is 5.75 Å². The first-order valence-electron chi connectivity index (χ1n) is 7.44. The molecule has 0 saturated carbocycles. The Bertz CT molecular complexity index is 530. The molecule has 5 nitrogen and oxygen atoms in total. The van der Waals surface area contributed by atoms with Gasteiger partial charge in [0, 0.05) is 19.8 Å². The number of rotatable bonds is 5. The Morgan fingerprint density at radius 3 is 2.73 bits per heavy atom. The van der Waals surface area contributed by atoms with Gasteiger partial charge in [-0.2, -0.15) is 0 Å². The maximum absolute atomic E-state index is 13.8. The molecule has 122 valence electrons. The third-order valence-corrected chi connectivity index (χ3v) is 4.35. The maximum Gasteiger partial charge on any atom is 0.228 e. The number of nitrogens with one attached hydrogen (secondary N) is 1. The van der Waals surface area contributed by atoms with E-state index in [1.807, 2.05) is 6.92 Å². The molecular weight excluding hydrogens is 287 g/mol. The van der Waals surface area contributed by atoms with E-state index in [9.17, 15) is 9.18 Å². The summed E-state index contributed by atoms with van der Waals surface area (Å²) in [6.07, 6.45) is 1.22. The first-order valence-corrected chi connectivity index (χ1v) is 7.44. The molecule has 0 radical (unpaired) electrons. The highest BCUT2D eigenvalue weighted by Crippen LogP contribution is 2.31. The summed E-state index contributed by atoms with van der Waals surface area (Å²) < 4.78 is 24.0.